The topological polar surface area (TPSA) is 114 Å². The number of piperidine rings is 1. The van der Waals surface area contributed by atoms with Gasteiger partial charge in [0.2, 0.25) is 0 Å². The number of aryl methyl sites for hydroxylation is 3. The standard InChI is InChI=1S/C23H31N6O4S/c1-26-11-5-8-18(14-26)28(19-13-24-27(2)15-19)34(32,33)29(31)23(30)25-22-20-9-3-6-16(20)12-17-7-4-10-21(17)22/h12-13,15,18H,3-11,14H2,1-2H3,(H,25,30)/q-1. The minimum Gasteiger partial charge on any atom is -0.740 e. The van der Waals surface area contributed by atoms with E-state index >= 15 is 0 Å². The summed E-state index contributed by atoms with van der Waals surface area (Å²) >= 11 is 0. The number of nitrogens with zero attached hydrogens (tertiary/aromatic N) is 5. The van der Waals surface area contributed by atoms with E-state index in [-0.39, 0.29) is 10.2 Å². The molecule has 2 aromatic rings. The fourth-order valence-electron chi connectivity index (χ4n) is 5.69. The van der Waals surface area contributed by atoms with E-state index in [9.17, 15) is 18.4 Å². The lowest BCUT2D eigenvalue weighted by Crippen LogP contribution is -2.54. The molecule has 2 aliphatic carbocycles. The second kappa shape index (κ2) is 8.86. The predicted octanol–water partition coefficient (Wildman–Crippen LogP) is 2.57. The van der Waals surface area contributed by atoms with Crippen LogP contribution in [0.2, 0.25) is 0 Å². The van der Waals surface area contributed by atoms with E-state index in [4.69, 9.17) is 0 Å². The molecule has 184 valence electrons. The van der Waals surface area contributed by atoms with Crippen LogP contribution in [-0.4, -0.2) is 59.8 Å². The maximum Gasteiger partial charge on any atom is 0.326 e. The van der Waals surface area contributed by atoms with Gasteiger partial charge in [-0.1, -0.05) is 6.07 Å². The molecule has 1 saturated heterocycles. The molecule has 34 heavy (non-hydrogen) atoms. The van der Waals surface area contributed by atoms with Gasteiger partial charge in [-0.05, 0) is 87.2 Å². The summed E-state index contributed by atoms with van der Waals surface area (Å²) in [5, 5.41) is 19.9. The Kier molecular flexibility index (Phi) is 6.03. The highest BCUT2D eigenvalue weighted by Crippen LogP contribution is 2.39. The Bertz CT molecular complexity index is 1180. The SMILES string of the molecule is CN1CCCC(N(c2cnn(C)c2)S(=O)(=O)N([O-])C(=O)Nc2c3c(cc4c2CCC4)CCC3)C1. The number of likely N-dealkylation sites (tertiary alicyclic amines) is 1. The lowest BCUT2D eigenvalue weighted by atomic mass is 9.99. The van der Waals surface area contributed by atoms with Crippen LogP contribution in [0.1, 0.15) is 47.9 Å². The molecule has 0 spiro atoms. The van der Waals surface area contributed by atoms with Crippen molar-refractivity contribution < 1.29 is 13.2 Å². The van der Waals surface area contributed by atoms with Crippen LogP contribution in [-0.2, 0) is 42.9 Å². The first kappa shape index (κ1) is 23.1. The molecule has 3 aliphatic rings. The first-order chi connectivity index (χ1) is 16.3. The van der Waals surface area contributed by atoms with Gasteiger partial charge in [0, 0.05) is 25.5 Å². The molecule has 1 unspecified atom stereocenters. The zero-order valence-electron chi connectivity index (χ0n) is 19.7. The third kappa shape index (κ3) is 4.05. The molecular formula is C23H31N6O4S-. The van der Waals surface area contributed by atoms with Crippen molar-refractivity contribution in [2.24, 2.45) is 7.05 Å². The summed E-state index contributed by atoms with van der Waals surface area (Å²) in [4.78, 5) is 15.1. The van der Waals surface area contributed by atoms with Gasteiger partial charge in [-0.3, -0.25) is 9.15 Å². The molecule has 1 aromatic carbocycles. The van der Waals surface area contributed by atoms with Crippen LogP contribution in [0.3, 0.4) is 0 Å². The molecule has 1 aromatic heterocycles. The molecule has 1 atom stereocenters. The van der Waals surface area contributed by atoms with Gasteiger partial charge in [0.1, 0.15) is 0 Å². The quantitative estimate of drug-likeness (QED) is 0.649. The number of benzene rings is 1. The number of nitrogens with one attached hydrogen (secondary N) is 1. The van der Waals surface area contributed by atoms with Crippen LogP contribution in [0.5, 0.6) is 0 Å². The Balaban J connectivity index is 1.46. The second-order valence-corrected chi connectivity index (χ2v) is 11.2. The molecule has 10 nitrogen and oxygen atoms in total. The Morgan fingerprint density at radius 1 is 1.12 bits per heavy atom. The average Bonchev–Trinajstić information content (AvgIpc) is 3.54. The maximum absolute atomic E-state index is 13.6. The first-order valence-corrected chi connectivity index (χ1v) is 13.3. The first-order valence-electron chi connectivity index (χ1n) is 11.9. The summed E-state index contributed by atoms with van der Waals surface area (Å²) in [5.41, 5.74) is 5.39. The summed E-state index contributed by atoms with van der Waals surface area (Å²) in [6.45, 7) is 1.31. The van der Waals surface area contributed by atoms with Gasteiger partial charge in [-0.15, -0.1) is 0 Å². The molecule has 1 N–H and O–H groups in total. The summed E-state index contributed by atoms with van der Waals surface area (Å²) < 4.78 is 29.3. The third-order valence-corrected chi connectivity index (χ3v) is 8.80. The maximum atomic E-state index is 13.6. The molecule has 0 radical (unpaired) electrons. The van der Waals surface area contributed by atoms with Gasteiger partial charge < -0.3 is 15.4 Å². The number of aromatic nitrogens is 2. The van der Waals surface area contributed by atoms with Crippen molar-refractivity contribution in [3.05, 3.63) is 45.9 Å². The molecule has 1 fully saturated rings. The molecule has 0 saturated carbocycles. The average molecular weight is 488 g/mol. The van der Waals surface area contributed by atoms with Crippen molar-refractivity contribution >= 4 is 27.6 Å². The van der Waals surface area contributed by atoms with Crippen molar-refractivity contribution in [3.63, 3.8) is 0 Å². The zero-order valence-corrected chi connectivity index (χ0v) is 20.5. The summed E-state index contributed by atoms with van der Waals surface area (Å²) in [6, 6.07) is 0.574. The number of carbonyl (C=O) groups excluding carboxylic acids is 1. The third-order valence-electron chi connectivity index (χ3n) is 7.21. The number of anilines is 2. The van der Waals surface area contributed by atoms with E-state index in [0.29, 0.717) is 18.7 Å². The number of hydrogen-bond donors (Lipinski definition) is 1. The Labute approximate surface area is 200 Å². The highest BCUT2D eigenvalue weighted by Gasteiger charge is 2.37. The summed E-state index contributed by atoms with van der Waals surface area (Å²) in [7, 11) is -1.10. The van der Waals surface area contributed by atoms with E-state index in [1.54, 1.807) is 13.2 Å². The van der Waals surface area contributed by atoms with Crippen LogP contribution in [0.15, 0.2) is 18.5 Å². The number of likely N-dealkylation sites (N-methyl/N-ethyl adjacent to an activating group) is 1. The number of hydrogen-bond acceptors (Lipinski definition) is 6. The monoisotopic (exact) mass is 487 g/mol. The van der Waals surface area contributed by atoms with Crippen LogP contribution in [0, 0.1) is 5.21 Å². The number of hydroxylamine groups is 1. The van der Waals surface area contributed by atoms with Gasteiger partial charge in [0.25, 0.3) is 0 Å². The van der Waals surface area contributed by atoms with Gasteiger partial charge in [-0.25, -0.2) is 9.10 Å². The van der Waals surface area contributed by atoms with Crippen LogP contribution >= 0.6 is 0 Å². The van der Waals surface area contributed by atoms with E-state index in [2.05, 4.69) is 16.5 Å². The lowest BCUT2D eigenvalue weighted by molar-refractivity contribution is 0.241. The molecule has 1 aliphatic heterocycles. The molecular weight excluding hydrogens is 456 g/mol. The van der Waals surface area contributed by atoms with E-state index in [0.717, 1.165) is 66.9 Å². The molecule has 11 heteroatoms. The number of rotatable bonds is 5. The van der Waals surface area contributed by atoms with E-state index in [1.165, 1.54) is 22.0 Å². The van der Waals surface area contributed by atoms with Gasteiger partial charge >= 0.3 is 16.2 Å². The Morgan fingerprint density at radius 3 is 2.38 bits per heavy atom. The van der Waals surface area contributed by atoms with Crippen molar-refractivity contribution in [1.82, 2.24) is 19.1 Å². The zero-order chi connectivity index (χ0) is 24.0. The van der Waals surface area contributed by atoms with Crippen LogP contribution in [0.25, 0.3) is 0 Å². The van der Waals surface area contributed by atoms with Crippen molar-refractivity contribution in [1.29, 1.82) is 0 Å². The Morgan fingerprint density at radius 2 is 1.79 bits per heavy atom. The number of fused-ring (bicyclic) bond motifs is 2. The fourth-order valence-corrected chi connectivity index (χ4v) is 7.01. The lowest BCUT2D eigenvalue weighted by Gasteiger charge is -2.41. The largest absolute Gasteiger partial charge is 0.740 e. The smallest absolute Gasteiger partial charge is 0.326 e. The minimum absolute atomic E-state index is 0.276. The van der Waals surface area contributed by atoms with Crippen molar-refractivity contribution in [3.8, 4) is 0 Å². The summed E-state index contributed by atoms with van der Waals surface area (Å²) in [6.07, 6.45) is 9.84. The van der Waals surface area contributed by atoms with E-state index < -0.39 is 22.3 Å². The van der Waals surface area contributed by atoms with Crippen molar-refractivity contribution in [2.75, 3.05) is 29.8 Å². The van der Waals surface area contributed by atoms with Crippen LogP contribution < -0.4 is 9.62 Å². The normalized spacial score (nSPS) is 20.1. The van der Waals surface area contributed by atoms with Gasteiger partial charge in [0.15, 0.2) is 0 Å². The minimum atomic E-state index is -4.69. The Hall–Kier alpha value is -2.63. The second-order valence-electron chi connectivity index (χ2n) is 9.63. The molecule has 2 amide bonds. The number of urea groups is 1. The summed E-state index contributed by atoms with van der Waals surface area (Å²) in [5.74, 6) is 0. The highest BCUT2D eigenvalue weighted by molar-refractivity contribution is 7.91. The predicted molar refractivity (Wildman–Crippen MR) is 130 cm³/mol. The highest BCUT2D eigenvalue weighted by atomic mass is 32.2. The number of amides is 2. The van der Waals surface area contributed by atoms with Crippen LogP contribution in [0.4, 0.5) is 16.2 Å². The van der Waals surface area contributed by atoms with Gasteiger partial charge in [-0.2, -0.15) is 13.5 Å². The molecule has 5 rings (SSSR count). The molecule has 2 heterocycles. The van der Waals surface area contributed by atoms with Gasteiger partial charge in [0.05, 0.1) is 17.9 Å². The van der Waals surface area contributed by atoms with Crippen molar-refractivity contribution in [2.45, 2.75) is 57.4 Å². The fraction of sp³-hybridized carbons (Fsp3) is 0.565. The number of carbonyl (C=O) groups is 1. The van der Waals surface area contributed by atoms with E-state index in [1.807, 2.05) is 11.9 Å². The molecule has 0 bridgehead atoms.